The summed E-state index contributed by atoms with van der Waals surface area (Å²) in [5.74, 6) is 0. The summed E-state index contributed by atoms with van der Waals surface area (Å²) in [5, 5.41) is 0.790. The molecule has 1 saturated carbocycles. The molecule has 4 heteroatoms. The van der Waals surface area contributed by atoms with Gasteiger partial charge in [0.2, 0.25) is 0 Å². The Morgan fingerprint density at radius 2 is 2.18 bits per heavy atom. The fourth-order valence-corrected chi connectivity index (χ4v) is 3.62. The second-order valence-electron chi connectivity index (χ2n) is 4.84. The Morgan fingerprint density at radius 3 is 2.82 bits per heavy atom. The first kappa shape index (κ1) is 12.8. The van der Waals surface area contributed by atoms with Gasteiger partial charge in [-0.1, -0.05) is 6.42 Å². The number of rotatable bonds is 4. The standard InChI is InChI=1S/C13H21N3S/c1-10-7-15-11(8-14-10)9-16(2)12-5-4-6-13(12)17-3/h7-8,12-13H,4-6,9H2,1-3H3/t12-,13+/m1/s1. The summed E-state index contributed by atoms with van der Waals surface area (Å²) in [4.78, 5) is 11.2. The molecular weight excluding hydrogens is 230 g/mol. The molecule has 0 bridgehead atoms. The Labute approximate surface area is 108 Å². The van der Waals surface area contributed by atoms with Gasteiger partial charge in [0.25, 0.3) is 0 Å². The first-order valence-electron chi connectivity index (χ1n) is 6.21. The van der Waals surface area contributed by atoms with Crippen LogP contribution >= 0.6 is 11.8 Å². The summed E-state index contributed by atoms with van der Waals surface area (Å²) < 4.78 is 0. The molecule has 1 heterocycles. The second-order valence-corrected chi connectivity index (χ2v) is 5.91. The van der Waals surface area contributed by atoms with Gasteiger partial charge in [0.15, 0.2) is 0 Å². The van der Waals surface area contributed by atoms with Crippen molar-refractivity contribution in [2.75, 3.05) is 13.3 Å². The highest BCUT2D eigenvalue weighted by molar-refractivity contribution is 7.99. The summed E-state index contributed by atoms with van der Waals surface area (Å²) in [6, 6.07) is 0.702. The topological polar surface area (TPSA) is 29.0 Å². The number of aromatic nitrogens is 2. The molecule has 0 radical (unpaired) electrons. The lowest BCUT2D eigenvalue weighted by molar-refractivity contribution is 0.239. The van der Waals surface area contributed by atoms with Crippen LogP contribution in [0.5, 0.6) is 0 Å². The summed E-state index contributed by atoms with van der Waals surface area (Å²) in [7, 11) is 2.21. The van der Waals surface area contributed by atoms with Crippen LogP contribution in [0.15, 0.2) is 12.4 Å². The monoisotopic (exact) mass is 251 g/mol. The van der Waals surface area contributed by atoms with Crippen molar-refractivity contribution < 1.29 is 0 Å². The quantitative estimate of drug-likeness (QED) is 0.822. The fourth-order valence-electron chi connectivity index (χ4n) is 2.56. The lowest BCUT2D eigenvalue weighted by atomic mass is 10.2. The van der Waals surface area contributed by atoms with Crippen LogP contribution in [0.4, 0.5) is 0 Å². The van der Waals surface area contributed by atoms with Gasteiger partial charge in [-0.05, 0) is 33.1 Å². The maximum absolute atomic E-state index is 4.43. The molecule has 17 heavy (non-hydrogen) atoms. The first-order chi connectivity index (χ1) is 8.20. The van der Waals surface area contributed by atoms with Crippen LogP contribution in [0.3, 0.4) is 0 Å². The number of aryl methyl sites for hydroxylation is 1. The van der Waals surface area contributed by atoms with Crippen molar-refractivity contribution in [2.45, 2.75) is 44.0 Å². The molecule has 0 amide bonds. The highest BCUT2D eigenvalue weighted by atomic mass is 32.2. The second kappa shape index (κ2) is 5.83. The van der Waals surface area contributed by atoms with Gasteiger partial charge in [-0.3, -0.25) is 14.9 Å². The molecule has 0 N–H and O–H groups in total. The Kier molecular flexibility index (Phi) is 4.40. The Morgan fingerprint density at radius 1 is 1.35 bits per heavy atom. The van der Waals surface area contributed by atoms with Crippen LogP contribution in [-0.4, -0.2) is 39.5 Å². The molecule has 1 aliphatic rings. The third-order valence-corrected chi connectivity index (χ3v) is 4.69. The lowest BCUT2D eigenvalue weighted by Gasteiger charge is -2.28. The van der Waals surface area contributed by atoms with Crippen molar-refractivity contribution in [3.63, 3.8) is 0 Å². The Bertz CT molecular complexity index is 352. The zero-order valence-corrected chi connectivity index (χ0v) is 11.7. The van der Waals surface area contributed by atoms with Gasteiger partial charge >= 0.3 is 0 Å². The van der Waals surface area contributed by atoms with Gasteiger partial charge in [-0.2, -0.15) is 11.8 Å². The van der Waals surface area contributed by atoms with Crippen LogP contribution in [0.2, 0.25) is 0 Å². The zero-order chi connectivity index (χ0) is 12.3. The van der Waals surface area contributed by atoms with E-state index in [1.54, 1.807) is 0 Å². The average Bonchev–Trinajstić information content (AvgIpc) is 2.80. The molecule has 1 aliphatic carbocycles. The molecule has 1 aromatic heterocycles. The van der Waals surface area contributed by atoms with E-state index in [1.807, 2.05) is 31.1 Å². The van der Waals surface area contributed by atoms with Gasteiger partial charge in [-0.25, -0.2) is 0 Å². The zero-order valence-electron chi connectivity index (χ0n) is 10.9. The number of hydrogen-bond acceptors (Lipinski definition) is 4. The molecule has 2 rings (SSSR count). The van der Waals surface area contributed by atoms with E-state index in [9.17, 15) is 0 Å². The summed E-state index contributed by atoms with van der Waals surface area (Å²) in [6.45, 7) is 2.89. The van der Waals surface area contributed by atoms with Gasteiger partial charge in [-0.15, -0.1) is 0 Å². The van der Waals surface area contributed by atoms with E-state index in [1.165, 1.54) is 19.3 Å². The minimum absolute atomic E-state index is 0.702. The number of nitrogens with zero attached hydrogens (tertiary/aromatic N) is 3. The van der Waals surface area contributed by atoms with Gasteiger partial charge in [0.1, 0.15) is 0 Å². The third kappa shape index (κ3) is 3.19. The van der Waals surface area contributed by atoms with Crippen LogP contribution in [0.25, 0.3) is 0 Å². The molecule has 0 spiro atoms. The predicted octanol–water partition coefficient (Wildman–Crippen LogP) is 2.50. The van der Waals surface area contributed by atoms with E-state index in [0.717, 1.165) is 23.2 Å². The van der Waals surface area contributed by atoms with E-state index < -0.39 is 0 Å². The van der Waals surface area contributed by atoms with Gasteiger partial charge < -0.3 is 0 Å². The molecule has 1 aromatic rings. The largest absolute Gasteiger partial charge is 0.296 e. The molecule has 2 atom stereocenters. The van der Waals surface area contributed by atoms with E-state index in [0.29, 0.717) is 6.04 Å². The third-order valence-electron chi connectivity index (χ3n) is 3.53. The van der Waals surface area contributed by atoms with E-state index >= 15 is 0 Å². The SMILES string of the molecule is CS[C@H]1CCC[C@H]1N(C)Cc1cnc(C)cn1. The van der Waals surface area contributed by atoms with Crippen molar-refractivity contribution in [1.29, 1.82) is 0 Å². The van der Waals surface area contributed by atoms with E-state index in [4.69, 9.17) is 0 Å². The number of hydrogen-bond donors (Lipinski definition) is 0. The molecule has 1 fully saturated rings. The predicted molar refractivity (Wildman–Crippen MR) is 73.2 cm³/mol. The summed E-state index contributed by atoms with van der Waals surface area (Å²) >= 11 is 2.00. The Balaban J connectivity index is 1.96. The van der Waals surface area contributed by atoms with Crippen molar-refractivity contribution in [3.05, 3.63) is 23.8 Å². The van der Waals surface area contributed by atoms with Crippen LogP contribution in [-0.2, 0) is 6.54 Å². The minimum atomic E-state index is 0.702. The molecule has 0 aliphatic heterocycles. The first-order valence-corrected chi connectivity index (χ1v) is 7.50. The number of thioether (sulfide) groups is 1. The van der Waals surface area contributed by atoms with E-state index in [2.05, 4.69) is 28.2 Å². The summed E-state index contributed by atoms with van der Waals surface area (Å²) in [5.41, 5.74) is 2.06. The molecular formula is C13H21N3S. The minimum Gasteiger partial charge on any atom is -0.296 e. The maximum atomic E-state index is 4.43. The van der Waals surface area contributed by atoms with Crippen molar-refractivity contribution in [1.82, 2.24) is 14.9 Å². The fraction of sp³-hybridized carbons (Fsp3) is 0.692. The van der Waals surface area contributed by atoms with Crippen molar-refractivity contribution in [3.8, 4) is 0 Å². The smallest absolute Gasteiger partial charge is 0.0727 e. The van der Waals surface area contributed by atoms with Crippen LogP contribution in [0, 0.1) is 6.92 Å². The maximum Gasteiger partial charge on any atom is 0.0727 e. The highest BCUT2D eigenvalue weighted by Crippen LogP contribution is 2.31. The average molecular weight is 251 g/mol. The Hall–Kier alpha value is -0.610. The van der Waals surface area contributed by atoms with Crippen molar-refractivity contribution >= 4 is 11.8 Å². The molecule has 94 valence electrons. The van der Waals surface area contributed by atoms with Crippen LogP contribution in [0.1, 0.15) is 30.7 Å². The summed E-state index contributed by atoms with van der Waals surface area (Å²) in [6.07, 6.45) is 10.0. The van der Waals surface area contributed by atoms with Crippen molar-refractivity contribution in [2.24, 2.45) is 0 Å². The lowest BCUT2D eigenvalue weighted by Crippen LogP contribution is -2.35. The molecule has 0 aromatic carbocycles. The molecule has 3 nitrogen and oxygen atoms in total. The molecule has 0 saturated heterocycles. The van der Waals surface area contributed by atoms with Crippen LogP contribution < -0.4 is 0 Å². The van der Waals surface area contributed by atoms with Gasteiger partial charge in [0, 0.05) is 30.2 Å². The normalized spacial score (nSPS) is 24.5. The van der Waals surface area contributed by atoms with Gasteiger partial charge in [0.05, 0.1) is 11.4 Å². The van der Waals surface area contributed by atoms with E-state index in [-0.39, 0.29) is 0 Å². The molecule has 0 unspecified atom stereocenters. The highest BCUT2D eigenvalue weighted by Gasteiger charge is 2.29.